The van der Waals surface area contributed by atoms with Gasteiger partial charge in [-0.25, -0.2) is 0 Å². The first-order valence-electron chi connectivity index (χ1n) is 7.17. The van der Waals surface area contributed by atoms with Crippen molar-refractivity contribution in [2.45, 2.75) is 65.5 Å². The van der Waals surface area contributed by atoms with Gasteiger partial charge in [0.1, 0.15) is 16.5 Å². The van der Waals surface area contributed by atoms with Crippen LogP contribution < -0.4 is 0 Å². The molecule has 0 saturated carbocycles. The van der Waals surface area contributed by atoms with E-state index < -0.39 is 34.4 Å². The predicted molar refractivity (Wildman–Crippen MR) is 108 cm³/mol. The van der Waals surface area contributed by atoms with E-state index in [4.69, 9.17) is 0 Å². The Morgan fingerprint density at radius 3 is 0.789 bits per heavy atom. The molecule has 0 heterocycles. The Balaban J connectivity index is -0.0000000711. The molecule has 0 atom stereocenters. The second-order valence-corrected chi connectivity index (χ2v) is 24.8. The van der Waals surface area contributed by atoms with Crippen molar-refractivity contribution >= 4 is 79.9 Å². The van der Waals surface area contributed by atoms with Gasteiger partial charge in [0.15, 0.2) is 0 Å². The summed E-state index contributed by atoms with van der Waals surface area (Å²) in [6.07, 6.45) is 0. The second-order valence-electron chi connectivity index (χ2n) is 7.75. The zero-order valence-electron chi connectivity index (χ0n) is 17.8. The molecule has 0 rings (SSSR count). The largest absolute Gasteiger partial charge is 2.00 e. The molecular weight excluding hydrogens is 372 g/mol. The molecule has 0 aliphatic carbocycles. The summed E-state index contributed by atoms with van der Waals surface area (Å²) in [5.74, 6) is 0. The molecule has 7 heteroatoms. The average Bonchev–Trinajstić information content (AvgIpc) is 2.13. The van der Waals surface area contributed by atoms with E-state index in [-0.39, 0.29) is 48.3 Å². The Bertz CT molecular complexity index is 210. The molecule has 0 radical (unpaired) electrons. The first kappa shape index (κ1) is 26.2. The van der Waals surface area contributed by atoms with Crippen molar-refractivity contribution in [1.82, 2.24) is 8.46 Å². The third-order valence-electron chi connectivity index (χ3n) is 3.67. The van der Waals surface area contributed by atoms with Crippen LogP contribution in [-0.2, 0) is 0 Å². The van der Waals surface area contributed by atoms with Crippen molar-refractivity contribution in [2.75, 3.05) is 14.1 Å². The van der Waals surface area contributed by atoms with E-state index in [0.29, 0.717) is 0 Å². The van der Waals surface area contributed by atoms with Crippen molar-refractivity contribution in [3.8, 4) is 0 Å². The number of hydrogen-bond acceptors (Lipinski definition) is 2. The van der Waals surface area contributed by atoms with Crippen molar-refractivity contribution < 1.29 is 2.85 Å². The molecule has 0 aromatic carbocycles. The summed E-state index contributed by atoms with van der Waals surface area (Å²) >= 11 is 0. The minimum atomic E-state index is -0.929. The van der Waals surface area contributed by atoms with E-state index in [1.807, 2.05) is 0 Å². The molecule has 0 aliphatic rings. The van der Waals surface area contributed by atoms with Crippen LogP contribution in [0.25, 0.3) is 0 Å². The Hall–Kier alpha value is 2.27. The van der Waals surface area contributed by atoms with Gasteiger partial charge in [-0.1, -0.05) is 65.5 Å². The Kier molecular flexibility index (Phi) is 15.0. The maximum Gasteiger partial charge on any atom is 2.00 e. The second kappa shape index (κ2) is 10.9. The van der Waals surface area contributed by atoms with E-state index in [9.17, 15) is 0 Å². The standard InChI is InChI=1S/2C6H19NSi2.Sr.2H/c2*1-7(8(2)3)9(4,5)6;;;/h2*8H,1-6H3;;;/q;;+2;2*-1. The summed E-state index contributed by atoms with van der Waals surface area (Å²) in [5.41, 5.74) is 0. The SMILES string of the molecule is CN([SiH](C)C)[Si](C)(C)C.CN([SiH](C)C)[Si](C)(C)C.[H-].[H-].[Sr+2]. The molecule has 0 aromatic heterocycles. The van der Waals surface area contributed by atoms with Crippen LogP contribution in [0.4, 0.5) is 0 Å². The quantitative estimate of drug-likeness (QED) is 0.654. The summed E-state index contributed by atoms with van der Waals surface area (Å²) in [6.45, 7) is 24.0. The van der Waals surface area contributed by atoms with Crippen LogP contribution >= 0.6 is 0 Å². The van der Waals surface area contributed by atoms with Gasteiger partial charge in [-0.05, 0) is 14.1 Å². The van der Waals surface area contributed by atoms with Crippen molar-refractivity contribution in [3.63, 3.8) is 0 Å². The fourth-order valence-corrected chi connectivity index (χ4v) is 13.9. The van der Waals surface area contributed by atoms with Gasteiger partial charge in [-0.3, -0.25) is 0 Å². The van der Waals surface area contributed by atoms with Gasteiger partial charge in [0, 0.05) is 0 Å². The smallest absolute Gasteiger partial charge is 1.00 e. The van der Waals surface area contributed by atoms with Gasteiger partial charge in [-0.2, -0.15) is 0 Å². The van der Waals surface area contributed by atoms with Gasteiger partial charge in [-0.15, -0.1) is 0 Å². The molecule has 0 bridgehead atoms. The van der Waals surface area contributed by atoms with Crippen LogP contribution in [0.5, 0.6) is 0 Å². The third kappa shape index (κ3) is 13.6. The summed E-state index contributed by atoms with van der Waals surface area (Å²) in [6, 6.07) is 0. The van der Waals surface area contributed by atoms with Gasteiger partial charge in [0.25, 0.3) is 0 Å². The zero-order valence-corrected chi connectivity index (χ0v) is 23.5. The summed E-state index contributed by atoms with van der Waals surface area (Å²) in [4.78, 5) is 0. The normalized spacial score (nSPS) is 12.6. The van der Waals surface area contributed by atoms with Gasteiger partial charge in [0.2, 0.25) is 0 Å². The molecule has 0 spiro atoms. The molecule has 0 saturated heterocycles. The Labute approximate surface area is 169 Å². The van der Waals surface area contributed by atoms with Crippen LogP contribution in [0.1, 0.15) is 2.85 Å². The van der Waals surface area contributed by atoms with E-state index in [0.717, 1.165) is 0 Å². The van der Waals surface area contributed by atoms with Crippen LogP contribution in [0, 0.1) is 0 Å². The number of hydrogen-bond donors (Lipinski definition) is 0. The zero-order chi connectivity index (χ0) is 15.3. The Morgan fingerprint density at radius 1 is 0.632 bits per heavy atom. The molecule has 0 unspecified atom stereocenters. The summed E-state index contributed by atoms with van der Waals surface area (Å²) in [7, 11) is 1.72. The van der Waals surface area contributed by atoms with Crippen molar-refractivity contribution in [2.24, 2.45) is 0 Å². The molecule has 19 heavy (non-hydrogen) atoms. The molecular formula is C12H40N2Si4Sr. The summed E-state index contributed by atoms with van der Waals surface area (Å²) in [5, 5.41) is 0. The van der Waals surface area contributed by atoms with Crippen LogP contribution in [-0.4, -0.2) is 102 Å². The van der Waals surface area contributed by atoms with Crippen LogP contribution in [0.2, 0.25) is 65.5 Å². The molecule has 0 fully saturated rings. The van der Waals surface area contributed by atoms with Crippen LogP contribution in [0.15, 0.2) is 0 Å². The molecule has 0 aromatic rings. The fourth-order valence-electron chi connectivity index (χ4n) is 1.55. The average molecular weight is 412 g/mol. The number of nitrogens with zero attached hydrogens (tertiary/aromatic N) is 2. The maximum absolute atomic E-state index is 2.63. The fraction of sp³-hybridized carbons (Fsp3) is 1.00. The molecule has 116 valence electrons. The minimum Gasteiger partial charge on any atom is -1.00 e. The number of rotatable bonds is 4. The van der Waals surface area contributed by atoms with Crippen molar-refractivity contribution in [1.29, 1.82) is 0 Å². The van der Waals surface area contributed by atoms with E-state index >= 15 is 0 Å². The monoisotopic (exact) mass is 412 g/mol. The molecule has 2 nitrogen and oxygen atoms in total. The molecule has 0 amide bonds. The molecule has 0 N–H and O–H groups in total. The minimum absolute atomic E-state index is 0. The molecule has 0 aliphatic heterocycles. The summed E-state index contributed by atoms with van der Waals surface area (Å²) < 4.78 is 5.26. The topological polar surface area (TPSA) is 6.48 Å². The van der Waals surface area contributed by atoms with Gasteiger partial charge >= 0.3 is 45.5 Å². The first-order chi connectivity index (χ1) is 7.71. The first-order valence-corrected chi connectivity index (χ1v) is 19.7. The van der Waals surface area contributed by atoms with Crippen LogP contribution in [0.3, 0.4) is 0 Å². The Morgan fingerprint density at radius 2 is 0.789 bits per heavy atom. The predicted octanol–water partition coefficient (Wildman–Crippen LogP) is 3.32. The van der Waals surface area contributed by atoms with Gasteiger partial charge in [0.05, 0.1) is 17.9 Å². The van der Waals surface area contributed by atoms with E-state index in [2.05, 4.69) is 88.0 Å². The third-order valence-corrected chi connectivity index (χ3v) is 18.7. The van der Waals surface area contributed by atoms with E-state index in [1.54, 1.807) is 0 Å². The maximum atomic E-state index is 2.63. The van der Waals surface area contributed by atoms with Gasteiger partial charge < -0.3 is 11.3 Å². The van der Waals surface area contributed by atoms with E-state index in [1.165, 1.54) is 0 Å². The van der Waals surface area contributed by atoms with Crippen molar-refractivity contribution in [3.05, 3.63) is 0 Å².